The maximum Gasteiger partial charge on any atom is 0.344 e. The number of nitrogens with zero attached hydrogens (tertiary/aromatic N) is 4. The molecule has 9 heteroatoms. The molecule has 3 rings (SSSR count). The molecule has 0 radical (unpaired) electrons. The number of aryl methyl sites for hydroxylation is 1. The van der Waals surface area contributed by atoms with Crippen LogP contribution in [0.4, 0.5) is 4.79 Å². The standard InChI is InChI=1S/C14H11Cl2N5O2/c1-8-9(6-17-20-7-12(22)18-14(20)23)13(16)21(19-8)11-5-3-2-4-10(11)15/h2-6H,7H2,1H3,(H,18,22,23). The fourth-order valence-corrected chi connectivity index (χ4v) is 2.62. The van der Waals surface area contributed by atoms with Crippen molar-refractivity contribution in [1.29, 1.82) is 0 Å². The first-order chi connectivity index (χ1) is 11.0. The minimum atomic E-state index is -0.571. The van der Waals surface area contributed by atoms with Gasteiger partial charge in [0, 0.05) is 0 Å². The summed E-state index contributed by atoms with van der Waals surface area (Å²) in [5, 5.41) is 12.3. The molecule has 1 aromatic heterocycles. The number of rotatable bonds is 3. The van der Waals surface area contributed by atoms with Gasteiger partial charge in [-0.1, -0.05) is 35.3 Å². The van der Waals surface area contributed by atoms with Crippen LogP contribution in [0.3, 0.4) is 0 Å². The normalized spacial score (nSPS) is 14.8. The van der Waals surface area contributed by atoms with Gasteiger partial charge in [0.1, 0.15) is 11.7 Å². The Morgan fingerprint density at radius 1 is 1.30 bits per heavy atom. The predicted molar refractivity (Wildman–Crippen MR) is 86.2 cm³/mol. The van der Waals surface area contributed by atoms with E-state index < -0.39 is 11.9 Å². The van der Waals surface area contributed by atoms with Crippen molar-refractivity contribution in [3.8, 4) is 5.69 Å². The van der Waals surface area contributed by atoms with Gasteiger partial charge in [0.25, 0.3) is 0 Å². The first-order valence-electron chi connectivity index (χ1n) is 6.62. The lowest BCUT2D eigenvalue weighted by Gasteiger charge is -2.05. The molecule has 1 aliphatic heterocycles. The molecule has 118 valence electrons. The highest BCUT2D eigenvalue weighted by molar-refractivity contribution is 6.34. The number of hydrogen-bond acceptors (Lipinski definition) is 4. The van der Waals surface area contributed by atoms with E-state index in [4.69, 9.17) is 23.2 Å². The quantitative estimate of drug-likeness (QED) is 0.680. The van der Waals surface area contributed by atoms with E-state index in [0.717, 1.165) is 5.01 Å². The monoisotopic (exact) mass is 351 g/mol. The van der Waals surface area contributed by atoms with Crippen LogP contribution in [0, 0.1) is 6.92 Å². The van der Waals surface area contributed by atoms with Crippen LogP contribution in [0.2, 0.25) is 10.2 Å². The van der Waals surface area contributed by atoms with E-state index in [0.29, 0.717) is 27.1 Å². The molecule has 1 aliphatic rings. The SMILES string of the molecule is Cc1nn(-c2ccccc2Cl)c(Cl)c1C=NN1CC(=O)NC1=O. The van der Waals surface area contributed by atoms with Gasteiger partial charge in [0.2, 0.25) is 5.91 Å². The molecule has 1 aromatic carbocycles. The second-order valence-corrected chi connectivity index (χ2v) is 5.57. The van der Waals surface area contributed by atoms with E-state index in [1.54, 1.807) is 19.1 Å². The Hall–Kier alpha value is -2.38. The molecule has 0 spiro atoms. The third-order valence-electron chi connectivity index (χ3n) is 3.23. The maximum absolute atomic E-state index is 11.5. The van der Waals surface area contributed by atoms with Crippen molar-refractivity contribution < 1.29 is 9.59 Å². The first-order valence-corrected chi connectivity index (χ1v) is 7.38. The molecule has 1 N–H and O–H groups in total. The van der Waals surface area contributed by atoms with E-state index in [2.05, 4.69) is 15.5 Å². The van der Waals surface area contributed by atoms with Gasteiger partial charge in [-0.15, -0.1) is 0 Å². The fourth-order valence-electron chi connectivity index (χ4n) is 2.09. The van der Waals surface area contributed by atoms with E-state index in [1.807, 2.05) is 12.1 Å². The molecular weight excluding hydrogens is 341 g/mol. The Balaban J connectivity index is 1.94. The largest absolute Gasteiger partial charge is 0.344 e. The molecule has 2 heterocycles. The molecule has 3 amide bonds. The van der Waals surface area contributed by atoms with Crippen LogP contribution in [0.25, 0.3) is 5.69 Å². The number of para-hydroxylation sites is 1. The molecule has 2 aromatic rings. The highest BCUT2D eigenvalue weighted by Crippen LogP contribution is 2.26. The summed E-state index contributed by atoms with van der Waals surface area (Å²) in [6, 6.07) is 6.58. The van der Waals surface area contributed by atoms with Gasteiger partial charge in [0.05, 0.1) is 28.2 Å². The average Bonchev–Trinajstić information content (AvgIpc) is 2.97. The van der Waals surface area contributed by atoms with Crippen molar-refractivity contribution >= 4 is 41.4 Å². The molecule has 7 nitrogen and oxygen atoms in total. The van der Waals surface area contributed by atoms with Crippen LogP contribution < -0.4 is 5.32 Å². The summed E-state index contributed by atoms with van der Waals surface area (Å²) in [6.07, 6.45) is 1.40. The second-order valence-electron chi connectivity index (χ2n) is 4.81. The molecule has 1 fully saturated rings. The number of carbonyl (C=O) groups is 2. The van der Waals surface area contributed by atoms with Crippen molar-refractivity contribution in [2.45, 2.75) is 6.92 Å². The number of imide groups is 1. The smallest absolute Gasteiger partial charge is 0.275 e. The van der Waals surface area contributed by atoms with Gasteiger partial charge in [0.15, 0.2) is 0 Å². The zero-order valence-corrected chi connectivity index (χ0v) is 13.5. The zero-order chi connectivity index (χ0) is 16.6. The molecule has 0 atom stereocenters. The number of halogens is 2. The van der Waals surface area contributed by atoms with E-state index in [9.17, 15) is 9.59 Å². The highest BCUT2D eigenvalue weighted by Gasteiger charge is 2.26. The summed E-state index contributed by atoms with van der Waals surface area (Å²) >= 11 is 12.5. The molecule has 0 saturated carbocycles. The predicted octanol–water partition coefficient (Wildman–Crippen LogP) is 2.37. The molecule has 0 unspecified atom stereocenters. The maximum atomic E-state index is 11.5. The Bertz CT molecular complexity index is 831. The number of aromatic nitrogens is 2. The minimum absolute atomic E-state index is 0.120. The van der Waals surface area contributed by atoms with Crippen molar-refractivity contribution in [2.75, 3.05) is 6.54 Å². The number of benzene rings is 1. The number of urea groups is 1. The Morgan fingerprint density at radius 2 is 2.04 bits per heavy atom. The summed E-state index contributed by atoms with van der Waals surface area (Å²) < 4.78 is 1.50. The summed E-state index contributed by atoms with van der Waals surface area (Å²) in [5.41, 5.74) is 1.79. The molecule has 0 aliphatic carbocycles. The highest BCUT2D eigenvalue weighted by atomic mass is 35.5. The third kappa shape index (κ3) is 2.93. The van der Waals surface area contributed by atoms with E-state index in [-0.39, 0.29) is 6.54 Å². The van der Waals surface area contributed by atoms with Gasteiger partial charge < -0.3 is 0 Å². The molecule has 23 heavy (non-hydrogen) atoms. The number of hydrazone groups is 1. The molecular formula is C14H11Cl2N5O2. The zero-order valence-electron chi connectivity index (χ0n) is 12.0. The first kappa shape index (κ1) is 15.5. The summed E-state index contributed by atoms with van der Waals surface area (Å²) in [6.45, 7) is 1.64. The molecule has 1 saturated heterocycles. The van der Waals surface area contributed by atoms with Gasteiger partial charge in [-0.3, -0.25) is 10.1 Å². The van der Waals surface area contributed by atoms with Crippen LogP contribution in [-0.4, -0.2) is 39.5 Å². The van der Waals surface area contributed by atoms with Crippen LogP contribution in [-0.2, 0) is 4.79 Å². The third-order valence-corrected chi connectivity index (χ3v) is 3.91. The van der Waals surface area contributed by atoms with Gasteiger partial charge in [-0.2, -0.15) is 10.2 Å². The van der Waals surface area contributed by atoms with Crippen LogP contribution in [0.5, 0.6) is 0 Å². The van der Waals surface area contributed by atoms with E-state index >= 15 is 0 Å². The number of amides is 3. The van der Waals surface area contributed by atoms with Crippen molar-refractivity contribution in [2.24, 2.45) is 5.10 Å². The number of nitrogens with one attached hydrogen (secondary N) is 1. The average molecular weight is 352 g/mol. The lowest BCUT2D eigenvalue weighted by atomic mass is 10.3. The summed E-state index contributed by atoms with van der Waals surface area (Å²) in [4.78, 5) is 22.6. The van der Waals surface area contributed by atoms with Gasteiger partial charge >= 0.3 is 6.03 Å². The van der Waals surface area contributed by atoms with Crippen LogP contribution in [0.1, 0.15) is 11.3 Å². The second kappa shape index (κ2) is 6.02. The van der Waals surface area contributed by atoms with Crippen molar-refractivity contribution in [3.63, 3.8) is 0 Å². The lowest BCUT2D eigenvalue weighted by Crippen LogP contribution is -2.24. The topological polar surface area (TPSA) is 79.6 Å². The lowest BCUT2D eigenvalue weighted by molar-refractivity contribution is -0.118. The van der Waals surface area contributed by atoms with Crippen molar-refractivity contribution in [1.82, 2.24) is 20.1 Å². The molecule has 0 bridgehead atoms. The summed E-state index contributed by atoms with van der Waals surface area (Å²) in [7, 11) is 0. The minimum Gasteiger partial charge on any atom is -0.275 e. The fraction of sp³-hybridized carbons (Fsp3) is 0.143. The van der Waals surface area contributed by atoms with Crippen molar-refractivity contribution in [3.05, 3.63) is 45.7 Å². The van der Waals surface area contributed by atoms with Gasteiger partial charge in [-0.25, -0.2) is 14.5 Å². The van der Waals surface area contributed by atoms with Crippen LogP contribution in [0.15, 0.2) is 29.4 Å². The number of carbonyl (C=O) groups excluding carboxylic acids is 2. The summed E-state index contributed by atoms with van der Waals surface area (Å²) in [5.74, 6) is -0.401. The Labute approximate surface area is 141 Å². The van der Waals surface area contributed by atoms with E-state index in [1.165, 1.54) is 10.9 Å². The Morgan fingerprint density at radius 3 is 2.70 bits per heavy atom. The van der Waals surface area contributed by atoms with Crippen LogP contribution >= 0.6 is 23.2 Å². The number of hydrogen-bond donors (Lipinski definition) is 1. The van der Waals surface area contributed by atoms with Gasteiger partial charge in [-0.05, 0) is 19.1 Å². The Kier molecular flexibility index (Phi) is 4.06.